The van der Waals surface area contributed by atoms with Crippen LogP contribution in [0.5, 0.6) is 5.75 Å². The van der Waals surface area contributed by atoms with Crippen molar-refractivity contribution in [3.8, 4) is 5.75 Å². The van der Waals surface area contributed by atoms with Gasteiger partial charge in [0.25, 0.3) is 5.91 Å². The van der Waals surface area contributed by atoms with Crippen molar-refractivity contribution in [1.29, 1.82) is 16.2 Å². The highest BCUT2D eigenvalue weighted by atomic mass is 32.2. The zero-order valence-corrected chi connectivity index (χ0v) is 66.2. The number of thioether (sulfide) groups is 5. The Morgan fingerprint density at radius 3 is 1.05 bits per heavy atom. The van der Waals surface area contributed by atoms with Crippen molar-refractivity contribution in [2.75, 3.05) is 6.61 Å². The Morgan fingerprint density at radius 2 is 0.687 bits per heavy atom. The highest BCUT2D eigenvalue weighted by molar-refractivity contribution is 8.27. The summed E-state index contributed by atoms with van der Waals surface area (Å²) in [6, 6.07) is 62.8. The molecule has 12 heterocycles. The van der Waals surface area contributed by atoms with Gasteiger partial charge in [-0.15, -0.1) is 0 Å². The Kier molecular flexibility index (Phi) is 23.6. The van der Waals surface area contributed by atoms with E-state index in [1.807, 2.05) is 212 Å². The van der Waals surface area contributed by atoms with Crippen LogP contribution in [0.4, 0.5) is 0 Å². The van der Waals surface area contributed by atoms with E-state index in [0.29, 0.717) is 53.5 Å². The van der Waals surface area contributed by atoms with Gasteiger partial charge in [-0.05, 0) is 191 Å². The molecule has 0 unspecified atom stereocenters. The Morgan fingerprint density at radius 1 is 0.348 bits per heavy atom. The van der Waals surface area contributed by atoms with Gasteiger partial charge in [0.15, 0.2) is 34.0 Å². The van der Waals surface area contributed by atoms with E-state index in [4.69, 9.17) is 79.7 Å². The highest BCUT2D eigenvalue weighted by Gasteiger charge is 2.28. The van der Waals surface area contributed by atoms with Crippen LogP contribution >= 0.6 is 95.5 Å². The van der Waals surface area contributed by atoms with Crippen LogP contribution in [-0.4, -0.2) is 70.1 Å². The highest BCUT2D eigenvalue weighted by Crippen LogP contribution is 2.40. The summed E-state index contributed by atoms with van der Waals surface area (Å²) in [6.07, 6.45) is 16.9. The molecule has 25 heteroatoms. The number of ketones is 5. The molecule has 115 heavy (non-hydrogen) atoms. The quantitative estimate of drug-likeness (QED) is 0.0764. The Hall–Kier alpha value is -11.7. The summed E-state index contributed by atoms with van der Waals surface area (Å²) in [5.74, 6) is 1.09. The minimum atomic E-state index is -0.211. The number of furan rings is 5. The second-order valence-corrected chi connectivity index (χ2v) is 34.1. The van der Waals surface area contributed by atoms with Crippen molar-refractivity contribution in [2.45, 2.75) is 46.0 Å². The first-order valence-electron chi connectivity index (χ1n) is 35.5. The van der Waals surface area contributed by atoms with Crippen LogP contribution in [0.3, 0.4) is 0 Å². The fourth-order valence-corrected chi connectivity index (χ4v) is 18.4. The first-order chi connectivity index (χ1) is 55.3. The third kappa shape index (κ3) is 18.3. The maximum atomic E-state index is 11.8. The van der Waals surface area contributed by atoms with Gasteiger partial charge >= 0.3 is 0 Å². The average molecular weight is 1660 g/mol. The molecule has 0 saturated carbocycles. The van der Waals surface area contributed by atoms with Crippen molar-refractivity contribution in [1.82, 2.24) is 10.6 Å². The molecule has 5 aromatic heterocycles. The predicted molar refractivity (Wildman–Crippen MR) is 482 cm³/mol. The number of carbonyl (C=O) groups is 6. The molecule has 6 fully saturated rings. The zero-order chi connectivity index (χ0) is 78.7. The fraction of sp³-hybridized carbons (Fsp3) is 0.0889. The van der Waals surface area contributed by atoms with Gasteiger partial charge < -0.3 is 32.1 Å². The summed E-state index contributed by atoms with van der Waals surface area (Å²) < 4.78 is 34.8. The molecule has 9 aromatic carbocycles. The standard InChI is InChI=1S/C17H11NO2S.C17H10O2S2.C16H10N2O2S.C13H11NO2S.C13H9NO2S.C13H8O2S2.CH4/c18-17-9-13(19)16(21-17)8-10-5-6-15-12(7-10)11-3-1-2-4-14(11)20-15;18-13-9-17(20)21-16(13)8-10-5-6-15-12(7-10)11-3-1-2-4-14(11)19-15;19-15-12(17-16(21)18-15)8-9-5-6-14-11(7-9)10-3-1-2-4-13(10)20-14;2*14-13-7-10(15)12(17-13)6-8-1-2-11-9(5-8)3-4-16-11;14-10-7-13(16)17-12(10)6-8-1-2-11-9(5-8)3-4-15-11;/h1-8,18H,9H2;1-8H,9H2;1-8H,(H2,17,18,19,21);1-2,5-6,14H,3-4,7H2;1-6,14H,7H2;1-6H,7H2;1H4/b16-8-,18-17?;16-8-;12-8-;2*12-6-,14-13?;12-6-;. The number of hydrogen-bond acceptors (Lipinski definition) is 23. The topological polar surface area (TPSA) is 273 Å². The first kappa shape index (κ1) is 78.6. The molecular weight excluding hydrogens is 1600 g/mol. The lowest BCUT2D eigenvalue weighted by Gasteiger charge is -2.00. The second-order valence-electron chi connectivity index (χ2n) is 26.5. The van der Waals surface area contributed by atoms with Gasteiger partial charge in [0.1, 0.15) is 56.1 Å². The lowest BCUT2D eigenvalue weighted by Crippen LogP contribution is -2.21. The lowest BCUT2D eigenvalue weighted by atomic mass is 10.1. The molecule has 5 N–H and O–H groups in total. The molecular formula is C90H63N5O12S8. The van der Waals surface area contributed by atoms with Crippen molar-refractivity contribution >= 4 is 283 Å². The predicted octanol–water partition coefficient (Wildman–Crippen LogP) is 23.0. The van der Waals surface area contributed by atoms with Gasteiger partial charge in [0.05, 0.1) is 99.3 Å². The number of carbonyl (C=O) groups excluding carboxylic acids is 6. The summed E-state index contributed by atoms with van der Waals surface area (Å²) in [5, 5.41) is 37.9. The molecule has 0 aliphatic carbocycles. The molecule has 7 aliphatic rings. The van der Waals surface area contributed by atoms with Crippen LogP contribution < -0.4 is 15.4 Å². The number of rotatable bonds is 6. The number of fused-ring (bicyclic) bond motifs is 12. The number of nitrogens with one attached hydrogen (secondary N) is 5. The molecule has 6 saturated heterocycles. The van der Waals surface area contributed by atoms with Crippen LogP contribution in [0.25, 0.3) is 124 Å². The molecule has 0 bridgehead atoms. The van der Waals surface area contributed by atoms with Gasteiger partial charge in [-0.3, -0.25) is 50.3 Å². The normalized spacial score (nSPS) is 17.9. The number of thiocarbonyl (C=S) groups is 3. The van der Waals surface area contributed by atoms with E-state index in [1.54, 1.807) is 18.6 Å². The smallest absolute Gasteiger partial charge is 0.273 e. The largest absolute Gasteiger partial charge is 0.493 e. The number of amides is 1. The van der Waals surface area contributed by atoms with Crippen molar-refractivity contribution in [3.05, 3.63) is 276 Å². The van der Waals surface area contributed by atoms with E-state index >= 15 is 0 Å². The summed E-state index contributed by atoms with van der Waals surface area (Å²) in [7, 11) is 0. The summed E-state index contributed by atoms with van der Waals surface area (Å²) in [6.45, 7) is 0.744. The first-order valence-corrected chi connectivity index (χ1v) is 40.8. The van der Waals surface area contributed by atoms with Crippen molar-refractivity contribution in [2.24, 2.45) is 0 Å². The van der Waals surface area contributed by atoms with Crippen molar-refractivity contribution < 1.29 is 55.6 Å². The summed E-state index contributed by atoms with van der Waals surface area (Å²) in [5.41, 5.74) is 14.3. The summed E-state index contributed by atoms with van der Waals surface area (Å²) >= 11 is 21.6. The van der Waals surface area contributed by atoms with Gasteiger partial charge in [-0.2, -0.15) is 0 Å². The Bertz CT molecular complexity index is 6230. The zero-order valence-electron chi connectivity index (χ0n) is 59.7. The van der Waals surface area contributed by atoms with E-state index in [1.165, 1.54) is 64.4 Å². The van der Waals surface area contributed by atoms with Crippen LogP contribution in [-0.2, 0) is 35.2 Å². The maximum Gasteiger partial charge on any atom is 0.273 e. The van der Waals surface area contributed by atoms with E-state index < -0.39 is 0 Å². The number of benzene rings is 9. The lowest BCUT2D eigenvalue weighted by molar-refractivity contribution is -0.116. The van der Waals surface area contributed by atoms with Gasteiger partial charge in [0.2, 0.25) is 0 Å². The number of ether oxygens (including phenoxy) is 1. The van der Waals surface area contributed by atoms with Crippen LogP contribution in [0.2, 0.25) is 0 Å². The average Bonchev–Trinajstić information content (AvgIpc) is 1.65. The second kappa shape index (κ2) is 34.6. The molecule has 0 radical (unpaired) electrons. The molecule has 21 rings (SSSR count). The maximum absolute atomic E-state index is 11.8. The molecule has 7 aliphatic heterocycles. The van der Waals surface area contributed by atoms with Gasteiger partial charge in [0, 0.05) is 49.5 Å². The van der Waals surface area contributed by atoms with Crippen LogP contribution in [0.15, 0.2) is 259 Å². The van der Waals surface area contributed by atoms with E-state index in [-0.39, 0.29) is 61.5 Å². The van der Waals surface area contributed by atoms with Gasteiger partial charge in [-0.25, -0.2) is 0 Å². The Balaban J connectivity index is 0.000000109. The van der Waals surface area contributed by atoms with Crippen LogP contribution in [0, 0.1) is 16.2 Å². The number of allylic oxidation sites excluding steroid dienone is 5. The number of para-hydroxylation sites is 3. The minimum Gasteiger partial charge on any atom is -0.493 e. The van der Waals surface area contributed by atoms with E-state index in [0.717, 1.165) is 158 Å². The van der Waals surface area contributed by atoms with Crippen LogP contribution in [0.1, 0.15) is 78.5 Å². The Labute approximate surface area is 694 Å². The molecule has 14 aromatic rings. The molecule has 17 nitrogen and oxygen atoms in total. The van der Waals surface area contributed by atoms with Gasteiger partial charge in [-0.1, -0.05) is 182 Å². The monoisotopic (exact) mass is 1660 g/mol. The number of Topliss-reactive ketones (excluding diaryl/α,β-unsaturated/α-hetero) is 5. The third-order valence-corrected chi connectivity index (χ3v) is 24.2. The van der Waals surface area contributed by atoms with E-state index in [2.05, 4.69) is 22.8 Å². The SMILES string of the molecule is C.N=C1CC(=O)/C(=C/c2ccc3c(c2)CCO3)S1.N=C1CC(=O)/C(=C/c2ccc3oc4ccccc4c3c2)S1.N=C1CC(=O)/C(=C/c2ccc3occc3c2)S1.O=C1CC(=S)S/C1=C\c1ccc2oc3ccccc3c2c1.O=C1CC(=S)S/C1=C\c1ccc2occc2c1.O=C1NC(=S)N/C1=C\c1ccc2oc3ccccc3c2c1. The number of hydrogen-bond donors (Lipinski definition) is 5. The molecule has 568 valence electrons. The minimum absolute atomic E-state index is 0. The van der Waals surface area contributed by atoms with E-state index in [9.17, 15) is 28.8 Å². The summed E-state index contributed by atoms with van der Waals surface area (Å²) in [4.78, 5) is 73.4. The molecule has 0 spiro atoms. The van der Waals surface area contributed by atoms with Crippen molar-refractivity contribution in [3.63, 3.8) is 0 Å². The fourth-order valence-electron chi connectivity index (χ4n) is 13.1. The third-order valence-electron chi connectivity index (χ3n) is 18.5. The molecule has 0 atom stereocenters. The molecule has 1 amide bonds.